The third kappa shape index (κ3) is 4.00. The Morgan fingerprint density at radius 1 is 1.16 bits per heavy atom. The zero-order valence-electron chi connectivity index (χ0n) is 10.1. The van der Waals surface area contributed by atoms with Crippen molar-refractivity contribution in [2.45, 2.75) is 12.5 Å². The third-order valence-corrected chi connectivity index (χ3v) is 2.84. The van der Waals surface area contributed by atoms with E-state index >= 15 is 0 Å². The number of carbonyl (C=O) groups is 1. The predicted molar refractivity (Wildman–Crippen MR) is 73.6 cm³/mol. The van der Waals surface area contributed by atoms with Crippen LogP contribution in [0.15, 0.2) is 54.6 Å². The molecule has 98 valence electrons. The molecule has 0 fully saturated rings. The predicted octanol–water partition coefficient (Wildman–Crippen LogP) is 3.41. The van der Waals surface area contributed by atoms with Crippen molar-refractivity contribution in [3.63, 3.8) is 0 Å². The van der Waals surface area contributed by atoms with Crippen LogP contribution in [0.1, 0.15) is 5.56 Å². The van der Waals surface area contributed by atoms with Gasteiger partial charge in [0.2, 0.25) is 0 Å². The SMILES string of the molecule is O=C(O)[C@H](Cc1cccc(Cl)c1)Oc1ccccc1. The van der Waals surface area contributed by atoms with Gasteiger partial charge in [-0.2, -0.15) is 0 Å². The van der Waals surface area contributed by atoms with E-state index in [4.69, 9.17) is 16.3 Å². The Hall–Kier alpha value is -2.00. The van der Waals surface area contributed by atoms with Crippen molar-refractivity contribution in [3.8, 4) is 5.75 Å². The molecular formula is C15H13ClO3. The second kappa shape index (κ2) is 6.25. The highest BCUT2D eigenvalue weighted by atomic mass is 35.5. The molecule has 2 rings (SSSR count). The summed E-state index contributed by atoms with van der Waals surface area (Å²) in [7, 11) is 0. The van der Waals surface area contributed by atoms with Gasteiger partial charge in [-0.1, -0.05) is 41.9 Å². The molecule has 1 N–H and O–H groups in total. The number of aliphatic carboxylic acids is 1. The fourth-order valence-corrected chi connectivity index (χ4v) is 1.93. The van der Waals surface area contributed by atoms with Crippen molar-refractivity contribution in [1.82, 2.24) is 0 Å². The van der Waals surface area contributed by atoms with Gasteiger partial charge in [0.25, 0.3) is 0 Å². The summed E-state index contributed by atoms with van der Waals surface area (Å²) in [6, 6.07) is 16.0. The minimum Gasteiger partial charge on any atom is -0.478 e. The molecule has 2 aromatic carbocycles. The quantitative estimate of drug-likeness (QED) is 0.910. The Morgan fingerprint density at radius 3 is 2.53 bits per heavy atom. The molecule has 0 aromatic heterocycles. The lowest BCUT2D eigenvalue weighted by atomic mass is 10.1. The van der Waals surface area contributed by atoms with Crippen molar-refractivity contribution >= 4 is 17.6 Å². The molecule has 0 bridgehead atoms. The minimum absolute atomic E-state index is 0.269. The summed E-state index contributed by atoms with van der Waals surface area (Å²) in [6.07, 6.45) is -0.661. The lowest BCUT2D eigenvalue weighted by Crippen LogP contribution is -2.29. The van der Waals surface area contributed by atoms with Gasteiger partial charge in [-0.05, 0) is 29.8 Å². The molecule has 3 nitrogen and oxygen atoms in total. The lowest BCUT2D eigenvalue weighted by Gasteiger charge is -2.15. The van der Waals surface area contributed by atoms with Crippen LogP contribution in [0.5, 0.6) is 5.75 Å². The monoisotopic (exact) mass is 276 g/mol. The lowest BCUT2D eigenvalue weighted by molar-refractivity contribution is -0.145. The van der Waals surface area contributed by atoms with Crippen LogP contribution >= 0.6 is 11.6 Å². The van der Waals surface area contributed by atoms with Crippen molar-refractivity contribution in [3.05, 3.63) is 65.2 Å². The standard InChI is InChI=1S/C15H13ClO3/c16-12-6-4-5-11(9-12)10-14(15(17)18)19-13-7-2-1-3-8-13/h1-9,14H,10H2,(H,17,18)/t14-/m0/s1. The van der Waals surface area contributed by atoms with Gasteiger partial charge in [0.05, 0.1) is 0 Å². The van der Waals surface area contributed by atoms with Crippen LogP contribution < -0.4 is 4.74 Å². The second-order valence-corrected chi connectivity index (χ2v) is 4.53. The van der Waals surface area contributed by atoms with Crippen molar-refractivity contribution < 1.29 is 14.6 Å². The maximum Gasteiger partial charge on any atom is 0.345 e. The zero-order chi connectivity index (χ0) is 13.7. The molecular weight excluding hydrogens is 264 g/mol. The minimum atomic E-state index is -0.996. The number of benzene rings is 2. The zero-order valence-corrected chi connectivity index (χ0v) is 10.9. The summed E-state index contributed by atoms with van der Waals surface area (Å²) in [4.78, 5) is 11.2. The maximum atomic E-state index is 11.2. The topological polar surface area (TPSA) is 46.5 Å². The van der Waals surface area contributed by atoms with E-state index in [-0.39, 0.29) is 6.42 Å². The number of para-hydroxylation sites is 1. The molecule has 0 spiro atoms. The highest BCUT2D eigenvalue weighted by Gasteiger charge is 2.20. The summed E-state index contributed by atoms with van der Waals surface area (Å²) < 4.78 is 5.48. The average molecular weight is 277 g/mol. The Balaban J connectivity index is 2.11. The van der Waals surface area contributed by atoms with Crippen LogP contribution in [0, 0.1) is 0 Å². The number of halogens is 1. The summed E-state index contributed by atoms with van der Waals surface area (Å²) >= 11 is 5.88. The van der Waals surface area contributed by atoms with Crippen LogP contribution in [0.2, 0.25) is 5.02 Å². The molecule has 19 heavy (non-hydrogen) atoms. The first-order chi connectivity index (χ1) is 9.15. The number of carboxylic acids is 1. The van der Waals surface area contributed by atoms with E-state index in [1.807, 2.05) is 12.1 Å². The number of hydrogen-bond acceptors (Lipinski definition) is 2. The molecule has 0 heterocycles. The Morgan fingerprint density at radius 2 is 1.89 bits per heavy atom. The molecule has 0 saturated heterocycles. The molecule has 0 unspecified atom stereocenters. The highest BCUT2D eigenvalue weighted by Crippen LogP contribution is 2.16. The Bertz CT molecular complexity index is 554. The molecule has 4 heteroatoms. The molecule has 0 aliphatic carbocycles. The van der Waals surface area contributed by atoms with E-state index in [0.717, 1.165) is 5.56 Å². The Kier molecular flexibility index (Phi) is 4.42. The number of hydrogen-bond donors (Lipinski definition) is 1. The Labute approximate surface area is 116 Å². The van der Waals surface area contributed by atoms with Gasteiger partial charge in [0, 0.05) is 11.4 Å². The van der Waals surface area contributed by atoms with Crippen molar-refractivity contribution in [2.75, 3.05) is 0 Å². The van der Waals surface area contributed by atoms with Crippen LogP contribution in [0.3, 0.4) is 0 Å². The van der Waals surface area contributed by atoms with Crippen LogP contribution in [-0.4, -0.2) is 17.2 Å². The van der Waals surface area contributed by atoms with Gasteiger partial charge in [-0.3, -0.25) is 0 Å². The summed E-state index contributed by atoms with van der Waals surface area (Å²) in [5.41, 5.74) is 0.829. The van der Waals surface area contributed by atoms with Gasteiger partial charge in [0.1, 0.15) is 5.75 Å². The molecule has 0 amide bonds. The number of rotatable bonds is 5. The average Bonchev–Trinajstić information content (AvgIpc) is 2.39. The highest BCUT2D eigenvalue weighted by molar-refractivity contribution is 6.30. The largest absolute Gasteiger partial charge is 0.478 e. The fourth-order valence-electron chi connectivity index (χ4n) is 1.72. The molecule has 0 aliphatic rings. The molecule has 1 atom stereocenters. The smallest absolute Gasteiger partial charge is 0.345 e. The molecule has 0 saturated carbocycles. The van der Waals surface area contributed by atoms with Gasteiger partial charge in [0.15, 0.2) is 6.10 Å². The first kappa shape index (κ1) is 13.4. The summed E-state index contributed by atoms with van der Waals surface area (Å²) in [5, 5.41) is 9.79. The number of ether oxygens (including phenoxy) is 1. The van der Waals surface area contributed by atoms with Crippen LogP contribution in [0.25, 0.3) is 0 Å². The molecule has 2 aromatic rings. The van der Waals surface area contributed by atoms with Gasteiger partial charge >= 0.3 is 5.97 Å². The van der Waals surface area contributed by atoms with Gasteiger partial charge in [-0.25, -0.2) is 4.79 Å². The maximum absolute atomic E-state index is 11.2. The van der Waals surface area contributed by atoms with Gasteiger partial charge < -0.3 is 9.84 Å². The van der Waals surface area contributed by atoms with E-state index in [2.05, 4.69) is 0 Å². The molecule has 0 radical (unpaired) electrons. The summed E-state index contributed by atoms with van der Waals surface area (Å²) in [5.74, 6) is -0.458. The van der Waals surface area contributed by atoms with Crippen LogP contribution in [0.4, 0.5) is 0 Å². The number of carboxylic acid groups (broad SMARTS) is 1. The van der Waals surface area contributed by atoms with Gasteiger partial charge in [-0.15, -0.1) is 0 Å². The first-order valence-corrected chi connectivity index (χ1v) is 6.22. The fraction of sp³-hybridized carbons (Fsp3) is 0.133. The van der Waals surface area contributed by atoms with E-state index in [1.165, 1.54) is 0 Å². The van der Waals surface area contributed by atoms with Crippen molar-refractivity contribution in [2.24, 2.45) is 0 Å². The first-order valence-electron chi connectivity index (χ1n) is 5.84. The van der Waals surface area contributed by atoms with E-state index in [0.29, 0.717) is 10.8 Å². The van der Waals surface area contributed by atoms with E-state index in [9.17, 15) is 9.90 Å². The summed E-state index contributed by atoms with van der Waals surface area (Å²) in [6.45, 7) is 0. The van der Waals surface area contributed by atoms with Crippen molar-refractivity contribution in [1.29, 1.82) is 0 Å². The third-order valence-electron chi connectivity index (χ3n) is 2.61. The van der Waals surface area contributed by atoms with E-state index < -0.39 is 12.1 Å². The molecule has 0 aliphatic heterocycles. The second-order valence-electron chi connectivity index (χ2n) is 4.09. The van der Waals surface area contributed by atoms with E-state index in [1.54, 1.807) is 42.5 Å². The normalized spacial score (nSPS) is 11.8. The van der Waals surface area contributed by atoms with Crippen LogP contribution in [-0.2, 0) is 11.2 Å².